The largest absolute Gasteiger partial charge is 0.315 e. The predicted octanol–water partition coefficient (Wildman–Crippen LogP) is 5.39. The van der Waals surface area contributed by atoms with Gasteiger partial charge < -0.3 is 4.90 Å². The SMILES string of the molecule is CCCCCCCCC(Br)c1ccc2c(c1)CC(=O)N2C. The van der Waals surface area contributed by atoms with Crippen LogP contribution in [0.3, 0.4) is 0 Å². The molecule has 0 radical (unpaired) electrons. The van der Waals surface area contributed by atoms with Crippen LogP contribution in [0.2, 0.25) is 0 Å². The zero-order chi connectivity index (χ0) is 15.2. The molecular weight excluding hydrogens is 326 g/mol. The minimum absolute atomic E-state index is 0.198. The minimum Gasteiger partial charge on any atom is -0.315 e. The van der Waals surface area contributed by atoms with Gasteiger partial charge in [-0.3, -0.25) is 4.79 Å². The summed E-state index contributed by atoms with van der Waals surface area (Å²) in [7, 11) is 1.86. The van der Waals surface area contributed by atoms with Crippen molar-refractivity contribution in [2.75, 3.05) is 11.9 Å². The molecule has 1 aromatic rings. The molecule has 0 fully saturated rings. The molecule has 0 aromatic heterocycles. The molecule has 1 aliphatic heterocycles. The van der Waals surface area contributed by atoms with Crippen LogP contribution in [0.15, 0.2) is 18.2 Å². The zero-order valence-corrected chi connectivity index (χ0v) is 14.8. The highest BCUT2D eigenvalue weighted by atomic mass is 79.9. The normalized spacial score (nSPS) is 15.4. The summed E-state index contributed by atoms with van der Waals surface area (Å²) in [6.45, 7) is 2.25. The van der Waals surface area contributed by atoms with Crippen LogP contribution >= 0.6 is 15.9 Å². The Labute approximate surface area is 137 Å². The van der Waals surface area contributed by atoms with Crippen LogP contribution in [0.1, 0.15) is 67.8 Å². The van der Waals surface area contributed by atoms with Crippen molar-refractivity contribution >= 4 is 27.5 Å². The van der Waals surface area contributed by atoms with Gasteiger partial charge in [-0.2, -0.15) is 0 Å². The first kappa shape index (κ1) is 16.5. The molecule has 116 valence electrons. The van der Waals surface area contributed by atoms with Crippen molar-refractivity contribution in [3.8, 4) is 0 Å². The topological polar surface area (TPSA) is 20.3 Å². The fourth-order valence-electron chi connectivity index (χ4n) is 2.96. The molecule has 1 aliphatic rings. The zero-order valence-electron chi connectivity index (χ0n) is 13.2. The number of carbonyl (C=O) groups is 1. The van der Waals surface area contributed by atoms with E-state index in [1.807, 2.05) is 7.05 Å². The van der Waals surface area contributed by atoms with Crippen molar-refractivity contribution < 1.29 is 4.79 Å². The van der Waals surface area contributed by atoms with E-state index in [4.69, 9.17) is 0 Å². The number of likely N-dealkylation sites (N-methyl/N-ethyl adjacent to an activating group) is 1. The summed E-state index contributed by atoms with van der Waals surface area (Å²) in [5.74, 6) is 0.198. The fourth-order valence-corrected chi connectivity index (χ4v) is 3.56. The Bertz CT molecular complexity index is 486. The molecule has 2 nitrogen and oxygen atoms in total. The lowest BCUT2D eigenvalue weighted by Crippen LogP contribution is -2.20. The molecule has 2 rings (SSSR count). The van der Waals surface area contributed by atoms with E-state index >= 15 is 0 Å². The molecule has 0 spiro atoms. The number of fused-ring (bicyclic) bond motifs is 1. The predicted molar refractivity (Wildman–Crippen MR) is 93.2 cm³/mol. The number of amides is 1. The molecule has 0 bridgehead atoms. The van der Waals surface area contributed by atoms with E-state index < -0.39 is 0 Å². The number of rotatable bonds is 8. The molecule has 1 aromatic carbocycles. The number of hydrogen-bond donors (Lipinski definition) is 0. The number of benzene rings is 1. The maximum atomic E-state index is 11.7. The second-order valence-electron chi connectivity index (χ2n) is 6.04. The number of halogens is 1. The first-order valence-corrected chi connectivity index (χ1v) is 9.08. The average molecular weight is 352 g/mol. The lowest BCUT2D eigenvalue weighted by Gasteiger charge is -2.13. The highest BCUT2D eigenvalue weighted by molar-refractivity contribution is 9.09. The second-order valence-corrected chi connectivity index (χ2v) is 7.15. The maximum absolute atomic E-state index is 11.7. The number of carbonyl (C=O) groups excluding carboxylic acids is 1. The fraction of sp³-hybridized carbons (Fsp3) is 0.611. The molecule has 0 saturated heterocycles. The van der Waals surface area contributed by atoms with Crippen LogP contribution in [0.5, 0.6) is 0 Å². The Morgan fingerprint density at radius 1 is 1.19 bits per heavy atom. The van der Waals surface area contributed by atoms with E-state index in [2.05, 4.69) is 41.1 Å². The standard InChI is InChI=1S/C18H26BrNO/c1-3-4-5-6-7-8-9-16(19)14-10-11-17-15(12-14)13-18(21)20(17)2/h10-12,16H,3-9,13H2,1-2H3. The van der Waals surface area contributed by atoms with Crippen molar-refractivity contribution in [1.29, 1.82) is 0 Å². The lowest BCUT2D eigenvalue weighted by atomic mass is 10.0. The summed E-state index contributed by atoms with van der Waals surface area (Å²) < 4.78 is 0. The summed E-state index contributed by atoms with van der Waals surface area (Å²) in [5, 5.41) is 0. The van der Waals surface area contributed by atoms with E-state index in [1.54, 1.807) is 4.90 Å². The maximum Gasteiger partial charge on any atom is 0.231 e. The first-order valence-electron chi connectivity index (χ1n) is 8.17. The van der Waals surface area contributed by atoms with Crippen molar-refractivity contribution in [2.45, 2.75) is 63.1 Å². The highest BCUT2D eigenvalue weighted by Crippen LogP contribution is 2.34. The van der Waals surface area contributed by atoms with Crippen LogP contribution in [-0.4, -0.2) is 13.0 Å². The minimum atomic E-state index is 0.198. The summed E-state index contributed by atoms with van der Waals surface area (Å²) in [4.78, 5) is 13.9. The third-order valence-electron chi connectivity index (χ3n) is 4.35. The molecule has 0 N–H and O–H groups in total. The van der Waals surface area contributed by atoms with Gasteiger partial charge >= 0.3 is 0 Å². The van der Waals surface area contributed by atoms with E-state index in [9.17, 15) is 4.79 Å². The van der Waals surface area contributed by atoms with Gasteiger partial charge in [-0.25, -0.2) is 0 Å². The van der Waals surface area contributed by atoms with Gasteiger partial charge in [-0.05, 0) is 23.6 Å². The van der Waals surface area contributed by atoms with Gasteiger partial charge in [0.2, 0.25) is 5.91 Å². The number of nitrogens with zero attached hydrogens (tertiary/aromatic N) is 1. The summed E-state index contributed by atoms with van der Waals surface area (Å²) in [5.41, 5.74) is 3.56. The third kappa shape index (κ3) is 4.32. The summed E-state index contributed by atoms with van der Waals surface area (Å²) in [6.07, 6.45) is 9.73. The average Bonchev–Trinajstić information content (AvgIpc) is 2.77. The van der Waals surface area contributed by atoms with Crippen LogP contribution in [0, 0.1) is 0 Å². The smallest absolute Gasteiger partial charge is 0.231 e. The van der Waals surface area contributed by atoms with E-state index in [0.29, 0.717) is 11.2 Å². The Morgan fingerprint density at radius 2 is 1.90 bits per heavy atom. The van der Waals surface area contributed by atoms with Crippen LogP contribution in [-0.2, 0) is 11.2 Å². The number of hydrogen-bond acceptors (Lipinski definition) is 1. The van der Waals surface area contributed by atoms with Crippen molar-refractivity contribution in [3.63, 3.8) is 0 Å². The highest BCUT2D eigenvalue weighted by Gasteiger charge is 2.24. The Balaban J connectivity index is 1.82. The van der Waals surface area contributed by atoms with Crippen LogP contribution in [0.25, 0.3) is 0 Å². The van der Waals surface area contributed by atoms with Crippen LogP contribution < -0.4 is 4.90 Å². The first-order chi connectivity index (χ1) is 10.1. The van der Waals surface area contributed by atoms with Gasteiger partial charge in [0.05, 0.1) is 6.42 Å². The van der Waals surface area contributed by atoms with Crippen molar-refractivity contribution in [1.82, 2.24) is 0 Å². The second kappa shape index (κ2) is 7.98. The van der Waals surface area contributed by atoms with Gasteiger partial charge in [0.15, 0.2) is 0 Å². The van der Waals surface area contributed by atoms with Gasteiger partial charge in [0.25, 0.3) is 0 Å². The van der Waals surface area contributed by atoms with Crippen LogP contribution in [0.4, 0.5) is 5.69 Å². The van der Waals surface area contributed by atoms with Crippen molar-refractivity contribution in [3.05, 3.63) is 29.3 Å². The number of anilines is 1. The monoisotopic (exact) mass is 351 g/mol. The molecule has 1 unspecified atom stereocenters. The molecule has 1 atom stereocenters. The Kier molecular flexibility index (Phi) is 6.28. The summed E-state index contributed by atoms with van der Waals surface area (Å²) in [6, 6.07) is 6.45. The third-order valence-corrected chi connectivity index (χ3v) is 5.34. The molecule has 1 amide bonds. The van der Waals surface area contributed by atoms with Crippen molar-refractivity contribution in [2.24, 2.45) is 0 Å². The van der Waals surface area contributed by atoms with Gasteiger partial charge in [-0.1, -0.05) is 73.5 Å². The van der Waals surface area contributed by atoms with Gasteiger partial charge in [0.1, 0.15) is 0 Å². The van der Waals surface area contributed by atoms with E-state index in [1.165, 1.54) is 56.1 Å². The number of alkyl halides is 1. The van der Waals surface area contributed by atoms with Gasteiger partial charge in [-0.15, -0.1) is 0 Å². The number of unbranched alkanes of at least 4 members (excludes halogenated alkanes) is 5. The molecular formula is C18H26BrNO. The van der Waals surface area contributed by atoms with Gasteiger partial charge in [0, 0.05) is 17.6 Å². The van der Waals surface area contributed by atoms with E-state index in [0.717, 1.165) is 5.69 Å². The Hall–Kier alpha value is -0.830. The van der Waals surface area contributed by atoms with E-state index in [-0.39, 0.29) is 5.91 Å². The molecule has 0 saturated carbocycles. The molecule has 21 heavy (non-hydrogen) atoms. The quantitative estimate of drug-likeness (QED) is 0.454. The summed E-state index contributed by atoms with van der Waals surface area (Å²) >= 11 is 3.81. The molecule has 3 heteroatoms. The molecule has 1 heterocycles. The lowest BCUT2D eigenvalue weighted by molar-refractivity contribution is -0.117. The molecule has 0 aliphatic carbocycles. The Morgan fingerprint density at radius 3 is 2.67 bits per heavy atom.